The van der Waals surface area contributed by atoms with E-state index in [0.717, 1.165) is 12.8 Å². The highest BCUT2D eigenvalue weighted by atomic mass is 16.5. The number of aromatic nitrogens is 2. The van der Waals surface area contributed by atoms with E-state index in [-0.39, 0.29) is 12.7 Å². The summed E-state index contributed by atoms with van der Waals surface area (Å²) in [6.07, 6.45) is 7.88. The van der Waals surface area contributed by atoms with Gasteiger partial charge in [0.15, 0.2) is 0 Å². The van der Waals surface area contributed by atoms with Gasteiger partial charge >= 0.3 is 0 Å². The summed E-state index contributed by atoms with van der Waals surface area (Å²) < 4.78 is 6.05. The van der Waals surface area contributed by atoms with E-state index in [1.807, 2.05) is 6.92 Å². The second-order valence-corrected chi connectivity index (χ2v) is 5.01. The molecule has 0 radical (unpaired) electrons. The molecule has 0 aliphatic heterocycles. The summed E-state index contributed by atoms with van der Waals surface area (Å²) in [5.74, 6) is 1.86. The molecule has 0 amide bonds. The Labute approximate surface area is 108 Å². The van der Waals surface area contributed by atoms with Crippen molar-refractivity contribution in [1.82, 2.24) is 9.97 Å². The van der Waals surface area contributed by atoms with E-state index in [0.29, 0.717) is 23.2 Å². The number of hydrogen-bond acceptors (Lipinski definition) is 4. The van der Waals surface area contributed by atoms with Crippen LogP contribution in [0.15, 0.2) is 6.20 Å². The maximum absolute atomic E-state index is 9.30. The molecule has 4 heteroatoms. The van der Waals surface area contributed by atoms with E-state index in [1.165, 1.54) is 19.3 Å². The van der Waals surface area contributed by atoms with Crippen LogP contribution in [-0.4, -0.2) is 21.2 Å². The van der Waals surface area contributed by atoms with Crippen LogP contribution in [0, 0.1) is 12.8 Å². The lowest BCUT2D eigenvalue weighted by Crippen LogP contribution is -2.30. The molecule has 1 aliphatic rings. The Bertz CT molecular complexity index is 395. The fourth-order valence-corrected chi connectivity index (χ4v) is 2.62. The molecule has 1 fully saturated rings. The topological polar surface area (TPSA) is 55.2 Å². The van der Waals surface area contributed by atoms with Crippen LogP contribution in [0.3, 0.4) is 0 Å². The lowest BCUT2D eigenvalue weighted by atomic mass is 9.85. The lowest BCUT2D eigenvalue weighted by Gasteiger charge is -2.31. The normalized spacial score (nSPS) is 23.9. The first-order chi connectivity index (χ1) is 8.74. The molecule has 0 saturated heterocycles. The van der Waals surface area contributed by atoms with Gasteiger partial charge in [-0.1, -0.05) is 13.3 Å². The summed E-state index contributed by atoms with van der Waals surface area (Å²) in [6, 6.07) is 0. The first-order valence-electron chi connectivity index (χ1n) is 6.84. The van der Waals surface area contributed by atoms with Gasteiger partial charge in [0.2, 0.25) is 5.88 Å². The third-order valence-corrected chi connectivity index (χ3v) is 3.74. The average Bonchev–Trinajstić information content (AvgIpc) is 2.40. The number of aliphatic hydroxyl groups excluding tert-OH is 1. The first kappa shape index (κ1) is 13.3. The predicted octanol–water partition coefficient (Wildman–Crippen LogP) is 2.62. The lowest BCUT2D eigenvalue weighted by molar-refractivity contribution is 0.0827. The predicted molar refractivity (Wildman–Crippen MR) is 69.4 cm³/mol. The SMILES string of the molecule is CCC1CCCCC1Oc1nc(C)ncc1CO. The Hall–Kier alpha value is -1.16. The zero-order chi connectivity index (χ0) is 13.0. The molecule has 18 heavy (non-hydrogen) atoms. The van der Waals surface area contributed by atoms with Gasteiger partial charge in [0, 0.05) is 6.20 Å². The highest BCUT2D eigenvalue weighted by Crippen LogP contribution is 2.30. The van der Waals surface area contributed by atoms with E-state index >= 15 is 0 Å². The van der Waals surface area contributed by atoms with Crippen molar-refractivity contribution in [3.8, 4) is 5.88 Å². The third kappa shape index (κ3) is 2.99. The highest BCUT2D eigenvalue weighted by molar-refractivity contribution is 5.23. The quantitative estimate of drug-likeness (QED) is 0.892. The molecular weight excluding hydrogens is 228 g/mol. The zero-order valence-corrected chi connectivity index (χ0v) is 11.2. The molecule has 4 nitrogen and oxygen atoms in total. The van der Waals surface area contributed by atoms with E-state index in [1.54, 1.807) is 6.20 Å². The number of hydrogen-bond donors (Lipinski definition) is 1. The fraction of sp³-hybridized carbons (Fsp3) is 0.714. The number of aliphatic hydroxyl groups is 1. The van der Waals surface area contributed by atoms with Crippen molar-refractivity contribution >= 4 is 0 Å². The molecule has 1 aromatic heterocycles. The first-order valence-corrected chi connectivity index (χ1v) is 6.84. The molecule has 2 unspecified atom stereocenters. The van der Waals surface area contributed by atoms with Crippen LogP contribution in [0.2, 0.25) is 0 Å². The van der Waals surface area contributed by atoms with Gasteiger partial charge in [0.1, 0.15) is 11.9 Å². The Morgan fingerprint density at radius 2 is 2.17 bits per heavy atom. The van der Waals surface area contributed by atoms with Crippen LogP contribution in [-0.2, 0) is 6.61 Å². The van der Waals surface area contributed by atoms with Crippen molar-refractivity contribution < 1.29 is 9.84 Å². The van der Waals surface area contributed by atoms with Crippen LogP contribution in [0.5, 0.6) is 5.88 Å². The molecule has 0 bridgehead atoms. The largest absolute Gasteiger partial charge is 0.474 e. The molecular formula is C14H22N2O2. The molecule has 1 saturated carbocycles. The van der Waals surface area contributed by atoms with Gasteiger partial charge in [0.05, 0.1) is 12.2 Å². The van der Waals surface area contributed by atoms with Crippen LogP contribution >= 0.6 is 0 Å². The number of aryl methyl sites for hydroxylation is 1. The van der Waals surface area contributed by atoms with Crippen molar-refractivity contribution in [2.45, 2.75) is 58.7 Å². The van der Waals surface area contributed by atoms with Gasteiger partial charge in [-0.2, -0.15) is 4.98 Å². The summed E-state index contributed by atoms with van der Waals surface area (Å²) in [4.78, 5) is 8.41. The molecule has 0 aromatic carbocycles. The van der Waals surface area contributed by atoms with Crippen LogP contribution in [0.1, 0.15) is 50.4 Å². The van der Waals surface area contributed by atoms with Gasteiger partial charge < -0.3 is 9.84 Å². The molecule has 1 N–H and O–H groups in total. The molecule has 100 valence electrons. The Kier molecular flexibility index (Phi) is 4.53. The Morgan fingerprint density at radius 1 is 1.39 bits per heavy atom. The number of rotatable bonds is 4. The maximum Gasteiger partial charge on any atom is 0.222 e. The van der Waals surface area contributed by atoms with E-state index in [9.17, 15) is 5.11 Å². The molecule has 2 rings (SSSR count). The number of nitrogens with zero attached hydrogens (tertiary/aromatic N) is 2. The van der Waals surface area contributed by atoms with E-state index in [4.69, 9.17) is 4.74 Å². The molecule has 2 atom stereocenters. The zero-order valence-electron chi connectivity index (χ0n) is 11.2. The van der Waals surface area contributed by atoms with E-state index < -0.39 is 0 Å². The van der Waals surface area contributed by atoms with Gasteiger partial charge in [-0.15, -0.1) is 0 Å². The Morgan fingerprint density at radius 3 is 2.89 bits per heavy atom. The minimum atomic E-state index is -0.0703. The second-order valence-electron chi connectivity index (χ2n) is 5.01. The van der Waals surface area contributed by atoms with Crippen molar-refractivity contribution in [3.05, 3.63) is 17.6 Å². The highest BCUT2D eigenvalue weighted by Gasteiger charge is 2.26. The molecule has 1 heterocycles. The third-order valence-electron chi connectivity index (χ3n) is 3.74. The maximum atomic E-state index is 9.30. The van der Waals surface area contributed by atoms with Crippen molar-refractivity contribution in [1.29, 1.82) is 0 Å². The van der Waals surface area contributed by atoms with Gasteiger partial charge in [-0.05, 0) is 38.5 Å². The molecule has 1 aromatic rings. The standard InChI is InChI=1S/C14H22N2O2/c1-3-11-6-4-5-7-13(11)18-14-12(9-17)8-15-10(2)16-14/h8,11,13,17H,3-7,9H2,1-2H3. The summed E-state index contributed by atoms with van der Waals surface area (Å²) >= 11 is 0. The summed E-state index contributed by atoms with van der Waals surface area (Å²) in [7, 11) is 0. The second kappa shape index (κ2) is 6.14. The van der Waals surface area contributed by atoms with Gasteiger partial charge in [-0.3, -0.25) is 0 Å². The summed E-state index contributed by atoms with van der Waals surface area (Å²) in [6.45, 7) is 3.98. The molecule has 0 spiro atoms. The van der Waals surface area contributed by atoms with Gasteiger partial charge in [0.25, 0.3) is 0 Å². The minimum absolute atomic E-state index is 0.0703. The van der Waals surface area contributed by atoms with Crippen LogP contribution in [0.4, 0.5) is 0 Å². The monoisotopic (exact) mass is 250 g/mol. The summed E-state index contributed by atoms with van der Waals surface area (Å²) in [5.41, 5.74) is 0.682. The van der Waals surface area contributed by atoms with Crippen LogP contribution < -0.4 is 4.74 Å². The number of ether oxygens (including phenoxy) is 1. The smallest absolute Gasteiger partial charge is 0.222 e. The van der Waals surface area contributed by atoms with Crippen LogP contribution in [0.25, 0.3) is 0 Å². The average molecular weight is 250 g/mol. The minimum Gasteiger partial charge on any atom is -0.474 e. The Balaban J connectivity index is 2.14. The van der Waals surface area contributed by atoms with Gasteiger partial charge in [-0.25, -0.2) is 4.98 Å². The fourth-order valence-electron chi connectivity index (χ4n) is 2.62. The van der Waals surface area contributed by atoms with Crippen molar-refractivity contribution in [2.75, 3.05) is 0 Å². The summed E-state index contributed by atoms with van der Waals surface area (Å²) in [5, 5.41) is 9.30. The van der Waals surface area contributed by atoms with E-state index in [2.05, 4.69) is 16.9 Å². The molecule has 1 aliphatic carbocycles. The van der Waals surface area contributed by atoms with Crippen molar-refractivity contribution in [3.63, 3.8) is 0 Å². The van der Waals surface area contributed by atoms with Crippen molar-refractivity contribution in [2.24, 2.45) is 5.92 Å².